The lowest BCUT2D eigenvalue weighted by Crippen LogP contribution is -2.41. The highest BCUT2D eigenvalue weighted by Crippen LogP contribution is 2.38. The molecule has 7 heteroatoms. The molecule has 0 spiro atoms. The van der Waals surface area contributed by atoms with E-state index < -0.39 is 5.91 Å². The van der Waals surface area contributed by atoms with Gasteiger partial charge in [-0.05, 0) is 37.4 Å². The Labute approximate surface area is 147 Å². The molecule has 2 rings (SSSR count). The quantitative estimate of drug-likeness (QED) is 0.694. The van der Waals surface area contributed by atoms with Gasteiger partial charge in [0.15, 0.2) is 5.75 Å². The number of β-amino-alcohol motifs (C(OH)–C–C–N with tert-alkyl or cyclic N) is 1. The van der Waals surface area contributed by atoms with E-state index in [1.165, 1.54) is 7.11 Å². The Bertz CT molecular complexity index is 594. The number of carbonyl (C=O) groups excluding carboxylic acids is 1. The molecule has 0 aromatic heterocycles. The van der Waals surface area contributed by atoms with Crippen LogP contribution in [0.25, 0.3) is 0 Å². The van der Waals surface area contributed by atoms with E-state index in [0.717, 1.165) is 19.4 Å². The maximum Gasteiger partial charge on any atom is 0.258 e. The van der Waals surface area contributed by atoms with Gasteiger partial charge in [0.1, 0.15) is 11.3 Å². The fraction of sp³-hybridized carbons (Fsp3) is 0.588. The molecule has 0 saturated carbocycles. The van der Waals surface area contributed by atoms with E-state index >= 15 is 0 Å². The molecule has 1 fully saturated rings. The number of nitrogens with one attached hydrogen (secondary N) is 1. The number of nitrogens with zero attached hydrogens (tertiary/aromatic N) is 1. The molecular formula is C17H25ClN2O4. The smallest absolute Gasteiger partial charge is 0.258 e. The lowest BCUT2D eigenvalue weighted by Gasteiger charge is -2.24. The molecule has 3 N–H and O–H groups in total. The second-order valence-electron chi connectivity index (χ2n) is 5.89. The van der Waals surface area contributed by atoms with Crippen LogP contribution in [0.1, 0.15) is 35.7 Å². The zero-order valence-corrected chi connectivity index (χ0v) is 14.9. The minimum atomic E-state index is -0.405. The van der Waals surface area contributed by atoms with Crippen molar-refractivity contribution in [1.29, 1.82) is 0 Å². The van der Waals surface area contributed by atoms with Crippen molar-refractivity contribution in [3.8, 4) is 11.5 Å². The van der Waals surface area contributed by atoms with Crippen molar-refractivity contribution >= 4 is 17.5 Å². The van der Waals surface area contributed by atoms with Gasteiger partial charge < -0.3 is 20.3 Å². The lowest BCUT2D eigenvalue weighted by atomic mass is 10.0. The number of methoxy groups -OCH3 is 1. The van der Waals surface area contributed by atoms with Crippen LogP contribution in [0.2, 0.25) is 5.02 Å². The molecule has 0 radical (unpaired) electrons. The van der Waals surface area contributed by atoms with E-state index in [1.807, 2.05) is 6.92 Å². The summed E-state index contributed by atoms with van der Waals surface area (Å²) in [5, 5.41) is 22.6. The normalized spacial score (nSPS) is 17.9. The third-order valence-corrected chi connectivity index (χ3v) is 4.76. The van der Waals surface area contributed by atoms with Crippen LogP contribution in [-0.2, 0) is 6.42 Å². The average molecular weight is 357 g/mol. The van der Waals surface area contributed by atoms with Crippen LogP contribution >= 0.6 is 11.6 Å². The molecule has 1 heterocycles. The molecule has 1 aromatic carbocycles. The van der Waals surface area contributed by atoms with Gasteiger partial charge in [-0.25, -0.2) is 0 Å². The maximum atomic E-state index is 12.6. The van der Waals surface area contributed by atoms with Crippen LogP contribution < -0.4 is 10.1 Å². The summed E-state index contributed by atoms with van der Waals surface area (Å²) in [5.41, 5.74) is 0.683. The number of aliphatic hydroxyl groups excluding tert-OH is 1. The van der Waals surface area contributed by atoms with Gasteiger partial charge in [0, 0.05) is 19.1 Å². The second-order valence-corrected chi connectivity index (χ2v) is 6.30. The molecule has 0 unspecified atom stereocenters. The fourth-order valence-corrected chi connectivity index (χ4v) is 3.51. The fourth-order valence-electron chi connectivity index (χ4n) is 3.20. The topological polar surface area (TPSA) is 82.0 Å². The number of aliphatic hydroxyl groups is 1. The number of hydrogen-bond donors (Lipinski definition) is 3. The van der Waals surface area contributed by atoms with Gasteiger partial charge >= 0.3 is 0 Å². The molecule has 24 heavy (non-hydrogen) atoms. The van der Waals surface area contributed by atoms with Gasteiger partial charge in [-0.2, -0.15) is 0 Å². The minimum absolute atomic E-state index is 0.0774. The van der Waals surface area contributed by atoms with Crippen molar-refractivity contribution in [2.75, 3.05) is 33.4 Å². The second kappa shape index (κ2) is 8.55. The summed E-state index contributed by atoms with van der Waals surface area (Å²) in [6, 6.07) is 1.81. The van der Waals surface area contributed by atoms with Gasteiger partial charge in [-0.3, -0.25) is 9.69 Å². The number of amides is 1. The number of ether oxygens (including phenoxy) is 1. The SMILES string of the molecule is CCc1cc(Cl)c(OC)c(C(=O)NC[C@@H]2CCCN2CCO)c1O. The Kier molecular flexibility index (Phi) is 6.71. The molecule has 0 bridgehead atoms. The highest BCUT2D eigenvalue weighted by molar-refractivity contribution is 6.33. The van der Waals surface area contributed by atoms with Crippen molar-refractivity contribution in [3.63, 3.8) is 0 Å². The highest BCUT2D eigenvalue weighted by Gasteiger charge is 2.27. The van der Waals surface area contributed by atoms with Gasteiger partial charge in [-0.1, -0.05) is 18.5 Å². The number of carbonyl (C=O) groups is 1. The van der Waals surface area contributed by atoms with Crippen LogP contribution in [0.15, 0.2) is 6.07 Å². The van der Waals surface area contributed by atoms with Gasteiger partial charge in [0.25, 0.3) is 5.91 Å². The monoisotopic (exact) mass is 356 g/mol. The number of aryl methyl sites for hydroxylation is 1. The van der Waals surface area contributed by atoms with E-state index in [0.29, 0.717) is 30.1 Å². The molecule has 1 aromatic rings. The first kappa shape index (κ1) is 18.8. The standard InChI is InChI=1S/C17H25ClN2O4/c1-3-11-9-13(18)16(24-2)14(15(11)22)17(23)19-10-12-5-4-6-20(12)7-8-21/h9,12,21-22H,3-8,10H2,1-2H3,(H,19,23)/t12-/m0/s1. The van der Waals surface area contributed by atoms with E-state index in [-0.39, 0.29) is 29.7 Å². The lowest BCUT2D eigenvalue weighted by molar-refractivity contribution is 0.0931. The van der Waals surface area contributed by atoms with Crippen LogP contribution in [0.3, 0.4) is 0 Å². The molecule has 1 atom stereocenters. The van der Waals surface area contributed by atoms with Crippen molar-refractivity contribution in [2.24, 2.45) is 0 Å². The predicted molar refractivity (Wildman–Crippen MR) is 93.1 cm³/mol. The summed E-state index contributed by atoms with van der Waals surface area (Å²) in [7, 11) is 1.42. The van der Waals surface area contributed by atoms with Crippen LogP contribution in [0.5, 0.6) is 11.5 Å². The van der Waals surface area contributed by atoms with Gasteiger partial charge in [0.2, 0.25) is 0 Å². The Morgan fingerprint density at radius 2 is 2.29 bits per heavy atom. The number of likely N-dealkylation sites (tertiary alicyclic amines) is 1. The Morgan fingerprint density at radius 1 is 1.54 bits per heavy atom. The summed E-state index contributed by atoms with van der Waals surface area (Å²) in [6.45, 7) is 3.96. The third-order valence-electron chi connectivity index (χ3n) is 4.48. The molecule has 1 aliphatic heterocycles. The van der Waals surface area contributed by atoms with Crippen molar-refractivity contribution in [2.45, 2.75) is 32.2 Å². The molecule has 1 amide bonds. The first-order chi connectivity index (χ1) is 11.5. The predicted octanol–water partition coefficient (Wildman–Crippen LogP) is 1.80. The summed E-state index contributed by atoms with van der Waals surface area (Å²) < 4.78 is 5.21. The number of benzene rings is 1. The first-order valence-electron chi connectivity index (χ1n) is 8.24. The van der Waals surface area contributed by atoms with Gasteiger partial charge in [-0.15, -0.1) is 0 Å². The highest BCUT2D eigenvalue weighted by atomic mass is 35.5. The Balaban J connectivity index is 2.16. The largest absolute Gasteiger partial charge is 0.507 e. The van der Waals surface area contributed by atoms with E-state index in [9.17, 15) is 9.90 Å². The molecular weight excluding hydrogens is 332 g/mol. The zero-order valence-electron chi connectivity index (χ0n) is 14.1. The number of hydrogen-bond acceptors (Lipinski definition) is 5. The molecule has 0 aliphatic carbocycles. The third kappa shape index (κ3) is 3.94. The molecule has 1 saturated heterocycles. The number of phenols is 1. The minimum Gasteiger partial charge on any atom is -0.507 e. The number of rotatable bonds is 7. The van der Waals surface area contributed by atoms with E-state index in [1.54, 1.807) is 6.07 Å². The summed E-state index contributed by atoms with van der Waals surface area (Å²) >= 11 is 6.17. The number of aromatic hydroxyl groups is 1. The summed E-state index contributed by atoms with van der Waals surface area (Å²) in [4.78, 5) is 14.8. The number of halogens is 1. The van der Waals surface area contributed by atoms with Crippen molar-refractivity contribution in [1.82, 2.24) is 10.2 Å². The maximum absolute atomic E-state index is 12.6. The van der Waals surface area contributed by atoms with Crippen molar-refractivity contribution in [3.05, 3.63) is 22.2 Å². The number of phenolic OH excluding ortho intramolecular Hbond substituents is 1. The Hall–Kier alpha value is -1.50. The summed E-state index contributed by atoms with van der Waals surface area (Å²) in [5.74, 6) is -0.310. The molecule has 134 valence electrons. The summed E-state index contributed by atoms with van der Waals surface area (Å²) in [6.07, 6.45) is 2.58. The zero-order chi connectivity index (χ0) is 17.7. The van der Waals surface area contributed by atoms with Crippen LogP contribution in [0.4, 0.5) is 0 Å². The Morgan fingerprint density at radius 3 is 2.92 bits per heavy atom. The molecule has 6 nitrogen and oxygen atoms in total. The van der Waals surface area contributed by atoms with Crippen LogP contribution in [0, 0.1) is 0 Å². The first-order valence-corrected chi connectivity index (χ1v) is 8.62. The van der Waals surface area contributed by atoms with Crippen molar-refractivity contribution < 1.29 is 19.7 Å². The van der Waals surface area contributed by atoms with Crippen LogP contribution in [-0.4, -0.2) is 60.4 Å². The van der Waals surface area contributed by atoms with E-state index in [4.69, 9.17) is 21.4 Å². The van der Waals surface area contributed by atoms with Gasteiger partial charge in [0.05, 0.1) is 18.7 Å². The van der Waals surface area contributed by atoms with E-state index in [2.05, 4.69) is 10.2 Å². The average Bonchev–Trinajstić information content (AvgIpc) is 3.01. The molecule has 1 aliphatic rings.